The van der Waals surface area contributed by atoms with Gasteiger partial charge in [-0.1, -0.05) is 18.2 Å². The minimum absolute atomic E-state index is 0.0247. The third-order valence-electron chi connectivity index (χ3n) is 7.35. The van der Waals surface area contributed by atoms with Gasteiger partial charge >= 0.3 is 12.1 Å². The number of hydrogen-bond acceptors (Lipinski definition) is 3. The maximum Gasteiger partial charge on any atom is 0.416 e. The Labute approximate surface area is 228 Å². The standard InChI is InChI=1S/C31H27F4NO4/c32-22-11-7-19(8-12-22)18-40-28-14-10-21(31(33,34)35)17-25(28)24-5-3-4-23(24)20-9-13-27(26(16-20)30(38)39)36-15-2-1-6-29(36)37/h7-14,16-17H,1-6,15,18H2,(H,38,39). The number of benzene rings is 3. The number of carboxylic acids is 1. The molecule has 9 heteroatoms. The van der Waals surface area contributed by atoms with Crippen molar-refractivity contribution in [3.8, 4) is 5.75 Å². The molecule has 0 atom stereocenters. The van der Waals surface area contributed by atoms with Gasteiger partial charge in [0.05, 0.1) is 16.8 Å². The fourth-order valence-corrected chi connectivity index (χ4v) is 5.36. The number of piperidine rings is 1. The Kier molecular flexibility index (Phi) is 7.65. The summed E-state index contributed by atoms with van der Waals surface area (Å²) >= 11 is 0. The molecule has 5 nitrogen and oxygen atoms in total. The van der Waals surface area contributed by atoms with Gasteiger partial charge in [0.25, 0.3) is 0 Å². The summed E-state index contributed by atoms with van der Waals surface area (Å²) < 4.78 is 60.3. The highest BCUT2D eigenvalue weighted by atomic mass is 19.4. The number of hydrogen-bond donors (Lipinski definition) is 1. The van der Waals surface area contributed by atoms with E-state index in [1.165, 1.54) is 29.2 Å². The number of aromatic carboxylic acids is 1. The zero-order chi connectivity index (χ0) is 28.4. The Bertz CT molecular complexity index is 1480. The number of alkyl halides is 3. The van der Waals surface area contributed by atoms with Crippen molar-refractivity contribution in [3.05, 3.63) is 94.3 Å². The molecule has 1 aliphatic heterocycles. The second-order valence-electron chi connectivity index (χ2n) is 9.97. The van der Waals surface area contributed by atoms with E-state index in [2.05, 4.69) is 0 Å². The van der Waals surface area contributed by atoms with E-state index in [0.717, 1.165) is 30.5 Å². The van der Waals surface area contributed by atoms with Gasteiger partial charge in [0.1, 0.15) is 18.2 Å². The van der Waals surface area contributed by atoms with E-state index in [4.69, 9.17) is 4.74 Å². The smallest absolute Gasteiger partial charge is 0.416 e. The summed E-state index contributed by atoms with van der Waals surface area (Å²) in [6.45, 7) is 0.467. The summed E-state index contributed by atoms with van der Waals surface area (Å²) in [7, 11) is 0. The van der Waals surface area contributed by atoms with Crippen LogP contribution < -0.4 is 9.64 Å². The van der Waals surface area contributed by atoms with Gasteiger partial charge in [-0.05, 0) is 96.8 Å². The number of ether oxygens (including phenoxy) is 1. The average molecular weight is 554 g/mol. The minimum atomic E-state index is -4.57. The van der Waals surface area contributed by atoms with Crippen molar-refractivity contribution in [2.45, 2.75) is 51.3 Å². The molecule has 0 aromatic heterocycles. The van der Waals surface area contributed by atoms with Crippen LogP contribution in [0.1, 0.15) is 71.1 Å². The maximum atomic E-state index is 13.7. The van der Waals surface area contributed by atoms with Crippen molar-refractivity contribution in [2.75, 3.05) is 11.4 Å². The lowest BCUT2D eigenvalue weighted by atomic mass is 9.93. The molecule has 1 saturated heterocycles. The van der Waals surface area contributed by atoms with Crippen molar-refractivity contribution >= 4 is 28.7 Å². The van der Waals surface area contributed by atoms with Crippen molar-refractivity contribution < 1.29 is 37.0 Å². The molecule has 5 rings (SSSR count). The highest BCUT2D eigenvalue weighted by Crippen LogP contribution is 2.45. The van der Waals surface area contributed by atoms with Crippen LogP contribution in [0.25, 0.3) is 11.1 Å². The number of rotatable bonds is 7. The van der Waals surface area contributed by atoms with Crippen molar-refractivity contribution in [2.24, 2.45) is 0 Å². The Balaban J connectivity index is 1.56. The lowest BCUT2D eigenvalue weighted by molar-refractivity contribution is -0.137. The fraction of sp³-hybridized carbons (Fsp3) is 0.290. The third-order valence-corrected chi connectivity index (χ3v) is 7.35. The topological polar surface area (TPSA) is 66.8 Å². The molecule has 208 valence electrons. The largest absolute Gasteiger partial charge is 0.488 e. The quantitative estimate of drug-likeness (QED) is 0.304. The predicted octanol–water partition coefficient (Wildman–Crippen LogP) is 7.73. The van der Waals surface area contributed by atoms with Crippen molar-refractivity contribution in [1.82, 2.24) is 0 Å². The molecule has 0 saturated carbocycles. The molecule has 0 unspecified atom stereocenters. The van der Waals surface area contributed by atoms with Crippen LogP contribution in [0.15, 0.2) is 60.7 Å². The normalized spacial score (nSPS) is 16.0. The van der Waals surface area contributed by atoms with E-state index in [1.807, 2.05) is 0 Å². The first-order valence-corrected chi connectivity index (χ1v) is 13.1. The highest BCUT2D eigenvalue weighted by molar-refractivity contribution is 6.04. The molecule has 3 aromatic carbocycles. The third kappa shape index (κ3) is 5.73. The lowest BCUT2D eigenvalue weighted by Gasteiger charge is -2.28. The molecule has 0 radical (unpaired) electrons. The molecular weight excluding hydrogens is 526 g/mol. The molecule has 0 spiro atoms. The maximum absolute atomic E-state index is 13.7. The van der Waals surface area contributed by atoms with Gasteiger partial charge in [-0.15, -0.1) is 0 Å². The minimum Gasteiger partial charge on any atom is -0.488 e. The zero-order valence-electron chi connectivity index (χ0n) is 21.6. The van der Waals surface area contributed by atoms with Gasteiger partial charge < -0.3 is 14.7 Å². The Morgan fingerprint density at radius 2 is 1.65 bits per heavy atom. The number of nitrogens with zero attached hydrogens (tertiary/aromatic N) is 1. The zero-order valence-corrected chi connectivity index (χ0v) is 21.6. The van der Waals surface area contributed by atoms with Gasteiger partial charge in [0, 0.05) is 18.5 Å². The molecule has 0 bridgehead atoms. The number of carboxylic acid groups (broad SMARTS) is 1. The molecule has 1 aliphatic carbocycles. The first kappa shape index (κ1) is 27.4. The molecule has 1 heterocycles. The molecule has 1 N–H and O–H groups in total. The Morgan fingerprint density at radius 1 is 0.900 bits per heavy atom. The summed E-state index contributed by atoms with van der Waals surface area (Å²) in [4.78, 5) is 26.2. The first-order valence-electron chi connectivity index (χ1n) is 13.1. The van der Waals surface area contributed by atoms with E-state index in [0.29, 0.717) is 54.6 Å². The van der Waals surface area contributed by atoms with Crippen LogP contribution in [-0.2, 0) is 17.6 Å². The van der Waals surface area contributed by atoms with E-state index < -0.39 is 23.5 Å². The number of anilines is 1. The van der Waals surface area contributed by atoms with Crippen LogP contribution >= 0.6 is 0 Å². The molecule has 2 aliphatic rings. The van der Waals surface area contributed by atoms with Gasteiger partial charge in [-0.25, -0.2) is 9.18 Å². The van der Waals surface area contributed by atoms with Gasteiger partial charge in [0.15, 0.2) is 0 Å². The van der Waals surface area contributed by atoms with Crippen LogP contribution in [0.4, 0.5) is 23.2 Å². The lowest BCUT2D eigenvalue weighted by Crippen LogP contribution is -2.36. The number of amides is 1. The second-order valence-corrected chi connectivity index (χ2v) is 9.97. The number of allylic oxidation sites excluding steroid dienone is 2. The molecule has 1 fully saturated rings. The number of carbonyl (C=O) groups is 2. The van der Waals surface area contributed by atoms with Gasteiger partial charge in [-0.2, -0.15) is 13.2 Å². The molecule has 40 heavy (non-hydrogen) atoms. The monoisotopic (exact) mass is 553 g/mol. The van der Waals surface area contributed by atoms with E-state index >= 15 is 0 Å². The summed E-state index contributed by atoms with van der Waals surface area (Å²) in [6.07, 6.45) is -0.975. The SMILES string of the molecule is O=C(O)c1cc(C2=C(c3cc(C(F)(F)F)ccc3OCc3ccc(F)cc3)CCC2)ccc1N1CCCCC1=O. The molecule has 3 aromatic rings. The van der Waals surface area contributed by atoms with Gasteiger partial charge in [-0.3, -0.25) is 4.79 Å². The fourth-order valence-electron chi connectivity index (χ4n) is 5.36. The summed E-state index contributed by atoms with van der Waals surface area (Å²) in [5.41, 5.74) is 2.40. The van der Waals surface area contributed by atoms with Crippen molar-refractivity contribution in [3.63, 3.8) is 0 Å². The van der Waals surface area contributed by atoms with Crippen LogP contribution in [0, 0.1) is 5.82 Å². The predicted molar refractivity (Wildman–Crippen MR) is 142 cm³/mol. The number of halogens is 4. The summed E-state index contributed by atoms with van der Waals surface area (Å²) in [5, 5.41) is 9.98. The summed E-state index contributed by atoms with van der Waals surface area (Å²) in [6, 6.07) is 13.8. The van der Waals surface area contributed by atoms with Crippen LogP contribution in [0.3, 0.4) is 0 Å². The number of carbonyl (C=O) groups excluding carboxylic acids is 1. The average Bonchev–Trinajstić information content (AvgIpc) is 3.42. The summed E-state index contributed by atoms with van der Waals surface area (Å²) in [5.74, 6) is -1.47. The van der Waals surface area contributed by atoms with Gasteiger partial charge in [0.2, 0.25) is 5.91 Å². The molecule has 1 amide bonds. The molecular formula is C31H27F4NO4. The van der Waals surface area contributed by atoms with E-state index in [1.54, 1.807) is 24.3 Å². The highest BCUT2D eigenvalue weighted by Gasteiger charge is 2.33. The van der Waals surface area contributed by atoms with E-state index in [-0.39, 0.29) is 29.4 Å². The first-order chi connectivity index (χ1) is 19.1. The Morgan fingerprint density at radius 3 is 2.35 bits per heavy atom. The van der Waals surface area contributed by atoms with Crippen LogP contribution in [0.5, 0.6) is 5.75 Å². The van der Waals surface area contributed by atoms with Crippen LogP contribution in [-0.4, -0.2) is 23.5 Å². The van der Waals surface area contributed by atoms with E-state index in [9.17, 15) is 32.3 Å². The van der Waals surface area contributed by atoms with Crippen LogP contribution in [0.2, 0.25) is 0 Å². The van der Waals surface area contributed by atoms with Crippen molar-refractivity contribution in [1.29, 1.82) is 0 Å². The second kappa shape index (κ2) is 11.2. The Hall–Kier alpha value is -4.14.